The molecule has 1 aromatic rings. The number of sulfone groups is 1. The Morgan fingerprint density at radius 1 is 1.50 bits per heavy atom. The van der Waals surface area contributed by atoms with E-state index in [1.54, 1.807) is 0 Å². The first kappa shape index (κ1) is 13.3. The van der Waals surface area contributed by atoms with Crippen LogP contribution in [0.25, 0.3) is 0 Å². The van der Waals surface area contributed by atoms with Crippen molar-refractivity contribution in [1.29, 1.82) is 0 Å². The third-order valence-electron chi connectivity index (χ3n) is 3.12. The summed E-state index contributed by atoms with van der Waals surface area (Å²) in [5.41, 5.74) is 8.33. The summed E-state index contributed by atoms with van der Waals surface area (Å²) in [6.07, 6.45) is 0.632. The molecule has 1 aliphatic rings. The number of hydrogen-bond donors (Lipinski definition) is 2. The Morgan fingerprint density at radius 2 is 2.22 bits per heavy atom. The van der Waals surface area contributed by atoms with Gasteiger partial charge in [-0.05, 0) is 25.0 Å². The highest BCUT2D eigenvalue weighted by atomic mass is 32.2. The number of rotatable bonds is 3. The number of nitrogens with one attached hydrogen (secondary N) is 1. The van der Waals surface area contributed by atoms with Crippen molar-refractivity contribution < 1.29 is 8.42 Å². The molecule has 6 heteroatoms. The molecular weight excluding hydrogens is 268 g/mol. The first-order valence-corrected chi connectivity index (χ1v) is 7.98. The summed E-state index contributed by atoms with van der Waals surface area (Å²) >= 11 is 5.01. The van der Waals surface area contributed by atoms with Crippen molar-refractivity contribution in [2.24, 2.45) is 5.73 Å². The molecule has 98 valence electrons. The zero-order valence-electron chi connectivity index (χ0n) is 10.1. The lowest BCUT2D eigenvalue weighted by Gasteiger charge is -2.18. The van der Waals surface area contributed by atoms with Crippen molar-refractivity contribution in [1.82, 2.24) is 0 Å². The van der Waals surface area contributed by atoms with Crippen molar-refractivity contribution in [2.45, 2.75) is 19.4 Å². The van der Waals surface area contributed by atoms with Crippen LogP contribution in [0.5, 0.6) is 0 Å². The van der Waals surface area contributed by atoms with Crippen LogP contribution >= 0.6 is 12.2 Å². The van der Waals surface area contributed by atoms with Gasteiger partial charge in [-0.3, -0.25) is 0 Å². The largest absolute Gasteiger partial charge is 0.389 e. The van der Waals surface area contributed by atoms with Crippen molar-refractivity contribution in [2.75, 3.05) is 16.8 Å². The molecule has 0 aromatic heterocycles. The van der Waals surface area contributed by atoms with Crippen LogP contribution in [0.3, 0.4) is 0 Å². The van der Waals surface area contributed by atoms with Gasteiger partial charge in [-0.1, -0.05) is 24.4 Å². The first-order chi connectivity index (χ1) is 8.39. The monoisotopic (exact) mass is 284 g/mol. The molecule has 0 radical (unpaired) electrons. The zero-order valence-corrected chi connectivity index (χ0v) is 11.8. The van der Waals surface area contributed by atoms with Crippen LogP contribution in [-0.4, -0.2) is 31.0 Å². The minimum atomic E-state index is -2.89. The van der Waals surface area contributed by atoms with Crippen LogP contribution in [0.15, 0.2) is 18.2 Å². The number of nitrogens with two attached hydrogens (primary N) is 1. The van der Waals surface area contributed by atoms with E-state index in [0.29, 0.717) is 11.4 Å². The fourth-order valence-electron chi connectivity index (χ4n) is 2.18. The van der Waals surface area contributed by atoms with E-state index in [0.717, 1.165) is 16.8 Å². The standard InChI is InChI=1S/C12H16N2O2S2/c1-8-3-2-4-10(12(13)17)11(8)14-9-5-6-18(15,16)7-9/h2-4,9,14H,5-7H2,1H3,(H2,13,17). The minimum Gasteiger partial charge on any atom is -0.389 e. The quantitative estimate of drug-likeness (QED) is 0.817. The molecular formula is C12H16N2O2S2. The first-order valence-electron chi connectivity index (χ1n) is 5.75. The average Bonchev–Trinajstić information content (AvgIpc) is 2.61. The van der Waals surface area contributed by atoms with Gasteiger partial charge in [0.1, 0.15) is 4.99 Å². The molecule has 18 heavy (non-hydrogen) atoms. The maximum Gasteiger partial charge on any atom is 0.152 e. The second-order valence-corrected chi connectivity index (χ2v) is 7.27. The van der Waals surface area contributed by atoms with Crippen molar-refractivity contribution in [3.63, 3.8) is 0 Å². The van der Waals surface area contributed by atoms with Crippen LogP contribution in [0, 0.1) is 6.92 Å². The molecule has 0 amide bonds. The van der Waals surface area contributed by atoms with Crippen LogP contribution in [0.4, 0.5) is 5.69 Å². The van der Waals surface area contributed by atoms with Crippen molar-refractivity contribution >= 4 is 32.7 Å². The number of benzene rings is 1. The lowest BCUT2D eigenvalue weighted by Crippen LogP contribution is -2.23. The lowest BCUT2D eigenvalue weighted by atomic mass is 10.1. The summed E-state index contributed by atoms with van der Waals surface area (Å²) in [4.78, 5) is 0.321. The second-order valence-electron chi connectivity index (χ2n) is 4.61. The van der Waals surface area contributed by atoms with Crippen LogP contribution in [0.1, 0.15) is 17.5 Å². The number of hydrogen-bond acceptors (Lipinski definition) is 4. The van der Waals surface area contributed by atoms with Crippen LogP contribution < -0.4 is 11.1 Å². The summed E-state index contributed by atoms with van der Waals surface area (Å²) in [6, 6.07) is 5.64. The predicted molar refractivity (Wildman–Crippen MR) is 77.7 cm³/mol. The average molecular weight is 284 g/mol. The van der Waals surface area contributed by atoms with E-state index < -0.39 is 9.84 Å². The molecule has 1 fully saturated rings. The Bertz CT molecular complexity index is 582. The Labute approximate surface area is 112 Å². The molecule has 0 aliphatic carbocycles. The molecule has 1 atom stereocenters. The van der Waals surface area contributed by atoms with E-state index in [2.05, 4.69) is 5.32 Å². The SMILES string of the molecule is Cc1cccc(C(N)=S)c1NC1CCS(=O)(=O)C1. The Hall–Kier alpha value is -1.14. The summed E-state index contributed by atoms with van der Waals surface area (Å²) in [5, 5.41) is 3.27. The highest BCUT2D eigenvalue weighted by Crippen LogP contribution is 2.24. The Morgan fingerprint density at radius 3 is 2.78 bits per heavy atom. The summed E-state index contributed by atoms with van der Waals surface area (Å²) < 4.78 is 22.9. The van der Waals surface area contributed by atoms with Crippen molar-refractivity contribution in [3.05, 3.63) is 29.3 Å². The van der Waals surface area contributed by atoms with Crippen molar-refractivity contribution in [3.8, 4) is 0 Å². The highest BCUT2D eigenvalue weighted by Gasteiger charge is 2.28. The topological polar surface area (TPSA) is 72.2 Å². The normalized spacial score (nSPS) is 21.7. The zero-order chi connectivity index (χ0) is 13.3. The summed E-state index contributed by atoms with van der Waals surface area (Å²) in [5.74, 6) is 0.428. The molecule has 3 N–H and O–H groups in total. The molecule has 2 rings (SSSR count). The maximum atomic E-state index is 11.4. The molecule has 1 heterocycles. The molecule has 4 nitrogen and oxygen atoms in total. The van der Waals surface area contributed by atoms with Gasteiger partial charge in [-0.15, -0.1) is 0 Å². The van der Waals surface area contributed by atoms with Crippen LogP contribution in [0.2, 0.25) is 0 Å². The molecule has 1 aliphatic heterocycles. The van der Waals surface area contributed by atoms with E-state index in [-0.39, 0.29) is 17.5 Å². The number of aryl methyl sites for hydroxylation is 1. The smallest absolute Gasteiger partial charge is 0.152 e. The predicted octanol–water partition coefficient (Wildman–Crippen LogP) is 1.23. The molecule has 0 bridgehead atoms. The van der Waals surface area contributed by atoms with Gasteiger partial charge in [0.2, 0.25) is 0 Å². The Balaban J connectivity index is 2.27. The van der Waals surface area contributed by atoms with Gasteiger partial charge in [0.25, 0.3) is 0 Å². The van der Waals surface area contributed by atoms with Gasteiger partial charge < -0.3 is 11.1 Å². The Kier molecular flexibility index (Phi) is 3.59. The number of thiocarbonyl (C=S) groups is 1. The van der Waals surface area contributed by atoms with E-state index in [9.17, 15) is 8.42 Å². The van der Waals surface area contributed by atoms with E-state index in [1.165, 1.54) is 0 Å². The third-order valence-corrected chi connectivity index (χ3v) is 5.11. The number of anilines is 1. The highest BCUT2D eigenvalue weighted by molar-refractivity contribution is 7.91. The molecule has 1 saturated heterocycles. The van der Waals surface area contributed by atoms with E-state index >= 15 is 0 Å². The van der Waals surface area contributed by atoms with Gasteiger partial charge in [0, 0.05) is 17.3 Å². The summed E-state index contributed by atoms with van der Waals surface area (Å²) in [7, 11) is -2.89. The molecule has 0 spiro atoms. The molecule has 1 aromatic carbocycles. The fraction of sp³-hybridized carbons (Fsp3) is 0.417. The van der Waals surface area contributed by atoms with Gasteiger partial charge in [-0.25, -0.2) is 8.42 Å². The molecule has 1 unspecified atom stereocenters. The minimum absolute atomic E-state index is 0.0517. The second kappa shape index (κ2) is 4.85. The van der Waals surface area contributed by atoms with Gasteiger partial charge in [0.15, 0.2) is 9.84 Å². The third kappa shape index (κ3) is 2.81. The lowest BCUT2D eigenvalue weighted by molar-refractivity contribution is 0.602. The van der Waals surface area contributed by atoms with Crippen LogP contribution in [-0.2, 0) is 9.84 Å². The van der Waals surface area contributed by atoms with Gasteiger partial charge in [0.05, 0.1) is 11.5 Å². The summed E-state index contributed by atoms with van der Waals surface area (Å²) in [6.45, 7) is 1.95. The molecule has 0 saturated carbocycles. The van der Waals surface area contributed by atoms with E-state index in [1.807, 2.05) is 25.1 Å². The van der Waals surface area contributed by atoms with Gasteiger partial charge >= 0.3 is 0 Å². The maximum absolute atomic E-state index is 11.4. The van der Waals surface area contributed by atoms with E-state index in [4.69, 9.17) is 18.0 Å². The van der Waals surface area contributed by atoms with Gasteiger partial charge in [-0.2, -0.15) is 0 Å². The fourth-order valence-corrected chi connectivity index (χ4v) is 4.02. The number of para-hydroxylation sites is 1.